The number of carbonyl (C=O) groups is 2. The van der Waals surface area contributed by atoms with Crippen molar-refractivity contribution in [2.75, 3.05) is 7.11 Å². The molecule has 0 amide bonds. The van der Waals surface area contributed by atoms with Crippen LogP contribution < -0.4 is 0 Å². The van der Waals surface area contributed by atoms with Crippen LogP contribution in [0.15, 0.2) is 54.6 Å². The molecule has 22 heavy (non-hydrogen) atoms. The molecule has 1 atom stereocenters. The fourth-order valence-corrected chi connectivity index (χ4v) is 2.13. The van der Waals surface area contributed by atoms with Crippen molar-refractivity contribution in [2.24, 2.45) is 0 Å². The minimum atomic E-state index is -0.480. The number of esters is 2. The van der Waals surface area contributed by atoms with Crippen LogP contribution in [0, 0.1) is 0 Å². The lowest BCUT2D eigenvalue weighted by molar-refractivity contribution is 0.0343. The van der Waals surface area contributed by atoms with Crippen LogP contribution in [0.25, 0.3) is 0 Å². The second-order valence-electron chi connectivity index (χ2n) is 4.98. The van der Waals surface area contributed by atoms with Gasteiger partial charge in [-0.3, -0.25) is 0 Å². The van der Waals surface area contributed by atoms with Crippen molar-refractivity contribution in [3.63, 3.8) is 0 Å². The van der Waals surface area contributed by atoms with Gasteiger partial charge in [-0.05, 0) is 30.7 Å². The molecule has 0 saturated heterocycles. The fourth-order valence-electron chi connectivity index (χ4n) is 2.13. The molecule has 0 aliphatic rings. The number of ether oxygens (including phenoxy) is 2. The Morgan fingerprint density at radius 1 is 0.955 bits per heavy atom. The first kappa shape index (κ1) is 15.8. The van der Waals surface area contributed by atoms with Crippen molar-refractivity contribution in [1.29, 1.82) is 0 Å². The average Bonchev–Trinajstić information content (AvgIpc) is 2.55. The third kappa shape index (κ3) is 4.19. The van der Waals surface area contributed by atoms with Gasteiger partial charge in [-0.2, -0.15) is 0 Å². The Kier molecular flexibility index (Phi) is 5.31. The number of methoxy groups -OCH3 is 1. The van der Waals surface area contributed by atoms with Gasteiger partial charge in [-0.25, -0.2) is 9.59 Å². The summed E-state index contributed by atoms with van der Waals surface area (Å²) in [7, 11) is 1.30. The third-order valence-electron chi connectivity index (χ3n) is 3.19. The van der Waals surface area contributed by atoms with Gasteiger partial charge in [0.2, 0.25) is 0 Å². The van der Waals surface area contributed by atoms with E-state index < -0.39 is 11.9 Å². The van der Waals surface area contributed by atoms with Crippen molar-refractivity contribution < 1.29 is 19.1 Å². The Morgan fingerprint density at radius 2 is 1.59 bits per heavy atom. The smallest absolute Gasteiger partial charge is 0.338 e. The van der Waals surface area contributed by atoms with Crippen LogP contribution in [0.5, 0.6) is 0 Å². The van der Waals surface area contributed by atoms with Crippen LogP contribution >= 0.6 is 0 Å². The van der Waals surface area contributed by atoms with Crippen LogP contribution in [0.3, 0.4) is 0 Å². The van der Waals surface area contributed by atoms with Gasteiger partial charge in [0, 0.05) is 6.42 Å². The molecule has 0 heterocycles. The molecular weight excluding hydrogens is 280 g/mol. The normalized spacial score (nSPS) is 11.5. The Hall–Kier alpha value is -2.62. The Morgan fingerprint density at radius 3 is 2.23 bits per heavy atom. The van der Waals surface area contributed by atoms with Crippen molar-refractivity contribution in [3.05, 3.63) is 71.3 Å². The van der Waals surface area contributed by atoms with Crippen LogP contribution in [0.4, 0.5) is 0 Å². The summed E-state index contributed by atoms with van der Waals surface area (Å²) in [5, 5.41) is 0. The predicted molar refractivity (Wildman–Crippen MR) is 82.8 cm³/mol. The molecule has 4 nitrogen and oxygen atoms in total. The molecule has 0 fully saturated rings. The van der Waals surface area contributed by atoms with Crippen LogP contribution in [0.2, 0.25) is 0 Å². The lowest BCUT2D eigenvalue weighted by atomic mass is 10.1. The van der Waals surface area contributed by atoms with E-state index in [2.05, 4.69) is 4.74 Å². The molecule has 0 N–H and O–H groups in total. The summed E-state index contributed by atoms with van der Waals surface area (Å²) < 4.78 is 10.1. The molecular formula is C18H18O4. The van der Waals surface area contributed by atoms with Crippen molar-refractivity contribution in [1.82, 2.24) is 0 Å². The summed E-state index contributed by atoms with van der Waals surface area (Å²) in [6.45, 7) is 1.84. The number of carbonyl (C=O) groups excluding carboxylic acids is 2. The monoisotopic (exact) mass is 298 g/mol. The van der Waals surface area contributed by atoms with Gasteiger partial charge in [0.15, 0.2) is 0 Å². The molecule has 0 aliphatic heterocycles. The standard InChI is InChI=1S/C18H18O4/c1-13(11-14-7-4-3-5-8-14)22-18(20)16-10-6-9-15(12-16)17(19)21-2/h3-10,12-13H,11H2,1-2H3. The van der Waals surface area contributed by atoms with Crippen LogP contribution in [0.1, 0.15) is 33.2 Å². The number of benzene rings is 2. The summed E-state index contributed by atoms with van der Waals surface area (Å²) in [6, 6.07) is 16.1. The molecule has 1 unspecified atom stereocenters. The maximum atomic E-state index is 12.1. The summed E-state index contributed by atoms with van der Waals surface area (Å²) in [6.07, 6.45) is 0.389. The van der Waals surface area contributed by atoms with Gasteiger partial charge in [0.25, 0.3) is 0 Å². The van der Waals surface area contributed by atoms with E-state index in [1.54, 1.807) is 18.2 Å². The highest BCUT2D eigenvalue weighted by Crippen LogP contribution is 2.11. The highest BCUT2D eigenvalue weighted by molar-refractivity contribution is 5.95. The van der Waals surface area contributed by atoms with E-state index >= 15 is 0 Å². The second-order valence-corrected chi connectivity index (χ2v) is 4.98. The maximum Gasteiger partial charge on any atom is 0.338 e. The molecule has 114 valence electrons. The minimum absolute atomic E-state index is 0.253. The molecule has 0 bridgehead atoms. The molecule has 0 saturated carbocycles. The lowest BCUT2D eigenvalue weighted by Crippen LogP contribution is -2.17. The third-order valence-corrected chi connectivity index (χ3v) is 3.19. The highest BCUT2D eigenvalue weighted by atomic mass is 16.5. The number of hydrogen-bond donors (Lipinski definition) is 0. The minimum Gasteiger partial charge on any atom is -0.465 e. The second kappa shape index (κ2) is 7.41. The molecule has 2 aromatic rings. The summed E-state index contributed by atoms with van der Waals surface area (Å²) >= 11 is 0. The average molecular weight is 298 g/mol. The largest absolute Gasteiger partial charge is 0.465 e. The van der Waals surface area contributed by atoms with E-state index in [1.807, 2.05) is 37.3 Å². The first-order valence-corrected chi connectivity index (χ1v) is 7.03. The van der Waals surface area contributed by atoms with E-state index in [-0.39, 0.29) is 6.10 Å². The first-order valence-electron chi connectivity index (χ1n) is 7.03. The fraction of sp³-hybridized carbons (Fsp3) is 0.222. The topological polar surface area (TPSA) is 52.6 Å². The molecule has 4 heteroatoms. The number of hydrogen-bond acceptors (Lipinski definition) is 4. The number of rotatable bonds is 5. The Bertz CT molecular complexity index is 649. The van der Waals surface area contributed by atoms with Gasteiger partial charge in [0.05, 0.1) is 18.2 Å². The lowest BCUT2D eigenvalue weighted by Gasteiger charge is -2.13. The van der Waals surface area contributed by atoms with Gasteiger partial charge < -0.3 is 9.47 Å². The molecule has 2 rings (SSSR count). The zero-order valence-corrected chi connectivity index (χ0v) is 12.6. The Labute approximate surface area is 129 Å². The zero-order valence-electron chi connectivity index (χ0n) is 12.6. The summed E-state index contributed by atoms with van der Waals surface area (Å²) in [4.78, 5) is 23.6. The Balaban J connectivity index is 2.01. The summed E-state index contributed by atoms with van der Waals surface area (Å²) in [5.74, 6) is -0.929. The molecule has 0 aliphatic carbocycles. The predicted octanol–water partition coefficient (Wildman–Crippen LogP) is 3.26. The van der Waals surface area contributed by atoms with E-state index in [0.29, 0.717) is 17.5 Å². The quantitative estimate of drug-likeness (QED) is 0.795. The van der Waals surface area contributed by atoms with Crippen LogP contribution in [-0.2, 0) is 15.9 Å². The first-order chi connectivity index (χ1) is 10.6. The maximum absolute atomic E-state index is 12.1. The van der Waals surface area contributed by atoms with E-state index in [0.717, 1.165) is 5.56 Å². The van der Waals surface area contributed by atoms with E-state index in [1.165, 1.54) is 13.2 Å². The van der Waals surface area contributed by atoms with Crippen molar-refractivity contribution in [2.45, 2.75) is 19.4 Å². The SMILES string of the molecule is COC(=O)c1cccc(C(=O)OC(C)Cc2ccccc2)c1. The zero-order chi connectivity index (χ0) is 15.9. The van der Waals surface area contributed by atoms with Gasteiger partial charge in [0.1, 0.15) is 6.10 Å². The van der Waals surface area contributed by atoms with Gasteiger partial charge >= 0.3 is 11.9 Å². The van der Waals surface area contributed by atoms with Crippen LogP contribution in [-0.4, -0.2) is 25.2 Å². The van der Waals surface area contributed by atoms with Gasteiger partial charge in [-0.1, -0.05) is 36.4 Å². The molecule has 0 spiro atoms. The molecule has 0 aromatic heterocycles. The van der Waals surface area contributed by atoms with E-state index in [4.69, 9.17) is 4.74 Å². The molecule has 0 radical (unpaired) electrons. The van der Waals surface area contributed by atoms with Gasteiger partial charge in [-0.15, -0.1) is 0 Å². The van der Waals surface area contributed by atoms with Crippen molar-refractivity contribution >= 4 is 11.9 Å². The van der Waals surface area contributed by atoms with E-state index in [9.17, 15) is 9.59 Å². The van der Waals surface area contributed by atoms with Crippen molar-refractivity contribution in [3.8, 4) is 0 Å². The summed E-state index contributed by atoms with van der Waals surface area (Å²) in [5.41, 5.74) is 1.77. The highest BCUT2D eigenvalue weighted by Gasteiger charge is 2.14. The molecule has 2 aromatic carbocycles.